The zero-order valence-corrected chi connectivity index (χ0v) is 12.6. The van der Waals surface area contributed by atoms with Crippen molar-refractivity contribution in [3.05, 3.63) is 0 Å². The van der Waals surface area contributed by atoms with Crippen LogP contribution in [0.3, 0.4) is 0 Å². The molecule has 0 heterocycles. The zero-order valence-electron chi connectivity index (χ0n) is 11.6. The van der Waals surface area contributed by atoms with Crippen molar-refractivity contribution >= 4 is 14.8 Å². The van der Waals surface area contributed by atoms with Crippen LogP contribution < -0.4 is 0 Å². The Morgan fingerprint density at radius 2 is 1.65 bits per heavy atom. The molecule has 102 valence electrons. The highest BCUT2D eigenvalue weighted by atomic mass is 28.4. The molecule has 0 aliphatic carbocycles. The SMILES string of the molecule is CCCCCC[Si](OC)(OC)OC(=O)CCC. The highest BCUT2D eigenvalue weighted by Gasteiger charge is 2.42. The number of rotatable bonds is 10. The zero-order chi connectivity index (χ0) is 13.1. The fraction of sp³-hybridized carbons (Fsp3) is 0.917. The Labute approximate surface area is 106 Å². The second-order valence-corrected chi connectivity index (χ2v) is 7.01. The standard InChI is InChI=1S/C12H26O4Si/c1-5-7-8-9-11-17(14-3,15-4)16-12(13)10-6-2/h5-11H2,1-4H3. The van der Waals surface area contributed by atoms with Gasteiger partial charge in [0.15, 0.2) is 0 Å². The molecule has 0 aliphatic heterocycles. The maximum Gasteiger partial charge on any atom is 0.567 e. The lowest BCUT2D eigenvalue weighted by Crippen LogP contribution is -2.45. The number of carbonyl (C=O) groups excluding carboxylic acids is 1. The molecule has 0 unspecified atom stereocenters. The topological polar surface area (TPSA) is 44.8 Å². The molecule has 0 N–H and O–H groups in total. The molecule has 0 atom stereocenters. The summed E-state index contributed by atoms with van der Waals surface area (Å²) >= 11 is 0. The van der Waals surface area contributed by atoms with Crippen molar-refractivity contribution < 1.29 is 18.1 Å². The van der Waals surface area contributed by atoms with E-state index in [-0.39, 0.29) is 5.97 Å². The molecule has 0 fully saturated rings. The van der Waals surface area contributed by atoms with E-state index in [0.29, 0.717) is 6.42 Å². The first kappa shape index (κ1) is 16.6. The third kappa shape index (κ3) is 6.80. The van der Waals surface area contributed by atoms with Gasteiger partial charge in [0.05, 0.1) is 0 Å². The van der Waals surface area contributed by atoms with E-state index >= 15 is 0 Å². The number of carbonyl (C=O) groups is 1. The highest BCUT2D eigenvalue weighted by Crippen LogP contribution is 2.19. The van der Waals surface area contributed by atoms with Gasteiger partial charge >= 0.3 is 8.80 Å². The Hall–Kier alpha value is -0.393. The number of hydrogen-bond acceptors (Lipinski definition) is 4. The lowest BCUT2D eigenvalue weighted by molar-refractivity contribution is -0.138. The summed E-state index contributed by atoms with van der Waals surface area (Å²) in [7, 11) is 0.385. The van der Waals surface area contributed by atoms with Crippen LogP contribution in [0.25, 0.3) is 0 Å². The van der Waals surface area contributed by atoms with Crippen molar-refractivity contribution in [1.29, 1.82) is 0 Å². The van der Waals surface area contributed by atoms with Gasteiger partial charge in [-0.1, -0.05) is 33.1 Å². The van der Waals surface area contributed by atoms with Crippen molar-refractivity contribution in [2.24, 2.45) is 0 Å². The van der Waals surface area contributed by atoms with Gasteiger partial charge in [0.25, 0.3) is 5.97 Å². The van der Waals surface area contributed by atoms with Crippen molar-refractivity contribution in [3.8, 4) is 0 Å². The van der Waals surface area contributed by atoms with Crippen LogP contribution in [0.1, 0.15) is 52.4 Å². The lowest BCUT2D eigenvalue weighted by atomic mass is 10.2. The van der Waals surface area contributed by atoms with E-state index in [2.05, 4.69) is 6.92 Å². The molecule has 4 nitrogen and oxygen atoms in total. The summed E-state index contributed by atoms with van der Waals surface area (Å²) in [5.41, 5.74) is 0. The van der Waals surface area contributed by atoms with Crippen LogP contribution in [0.4, 0.5) is 0 Å². The molecule has 0 bridgehead atoms. The van der Waals surface area contributed by atoms with Crippen LogP contribution in [0.5, 0.6) is 0 Å². The lowest BCUT2D eigenvalue weighted by Gasteiger charge is -2.25. The fourth-order valence-corrected chi connectivity index (χ4v) is 3.59. The van der Waals surface area contributed by atoms with Crippen LogP contribution >= 0.6 is 0 Å². The smallest absolute Gasteiger partial charge is 0.473 e. The third-order valence-corrected chi connectivity index (χ3v) is 5.43. The van der Waals surface area contributed by atoms with Crippen LogP contribution in [-0.4, -0.2) is 29.0 Å². The predicted octanol–water partition coefficient (Wildman–Crippen LogP) is 3.14. The quantitative estimate of drug-likeness (QED) is 0.448. The van der Waals surface area contributed by atoms with Gasteiger partial charge in [0.1, 0.15) is 0 Å². The molecular formula is C12H26O4Si. The largest absolute Gasteiger partial charge is 0.567 e. The molecule has 0 aromatic heterocycles. The van der Waals surface area contributed by atoms with Gasteiger partial charge in [-0.15, -0.1) is 0 Å². The highest BCUT2D eigenvalue weighted by molar-refractivity contribution is 6.62. The van der Waals surface area contributed by atoms with Gasteiger partial charge in [-0.05, 0) is 12.8 Å². The Morgan fingerprint density at radius 3 is 2.12 bits per heavy atom. The summed E-state index contributed by atoms with van der Waals surface area (Å²) in [5.74, 6) is -0.210. The molecule has 0 aromatic carbocycles. The van der Waals surface area contributed by atoms with Gasteiger partial charge in [-0.25, -0.2) is 0 Å². The average Bonchev–Trinajstić information content (AvgIpc) is 2.33. The first-order valence-electron chi connectivity index (χ1n) is 6.46. The Morgan fingerprint density at radius 1 is 1.00 bits per heavy atom. The van der Waals surface area contributed by atoms with Gasteiger partial charge in [0, 0.05) is 26.7 Å². The van der Waals surface area contributed by atoms with E-state index in [1.807, 2.05) is 6.92 Å². The Bertz CT molecular complexity index is 205. The van der Waals surface area contributed by atoms with Crippen molar-refractivity contribution in [2.75, 3.05) is 14.2 Å². The first-order chi connectivity index (χ1) is 8.14. The Balaban J connectivity index is 4.19. The first-order valence-corrected chi connectivity index (χ1v) is 8.39. The van der Waals surface area contributed by atoms with Crippen molar-refractivity contribution in [3.63, 3.8) is 0 Å². The molecule has 0 radical (unpaired) electrons. The maximum absolute atomic E-state index is 11.5. The third-order valence-electron chi connectivity index (χ3n) is 2.68. The second-order valence-electron chi connectivity index (χ2n) is 4.13. The second kappa shape index (κ2) is 9.62. The predicted molar refractivity (Wildman–Crippen MR) is 69.7 cm³/mol. The van der Waals surface area contributed by atoms with Gasteiger partial charge < -0.3 is 13.3 Å². The van der Waals surface area contributed by atoms with Gasteiger partial charge in [0.2, 0.25) is 0 Å². The normalized spacial score (nSPS) is 11.5. The molecule has 0 amide bonds. The van der Waals surface area contributed by atoms with E-state index in [1.54, 1.807) is 14.2 Å². The summed E-state index contributed by atoms with van der Waals surface area (Å²) in [6, 6.07) is 0.718. The van der Waals surface area contributed by atoms with Crippen LogP contribution in [0, 0.1) is 0 Å². The molecule has 5 heteroatoms. The molecule has 0 aromatic rings. The molecule has 0 saturated carbocycles. The molecule has 0 saturated heterocycles. The van der Waals surface area contributed by atoms with Crippen LogP contribution in [0.15, 0.2) is 0 Å². The summed E-state index contributed by atoms with van der Waals surface area (Å²) in [4.78, 5) is 11.5. The monoisotopic (exact) mass is 262 g/mol. The van der Waals surface area contributed by atoms with Crippen molar-refractivity contribution in [2.45, 2.75) is 58.4 Å². The number of unbranched alkanes of at least 4 members (excludes halogenated alkanes) is 3. The van der Waals surface area contributed by atoms with Crippen LogP contribution in [0.2, 0.25) is 6.04 Å². The molecule has 0 aliphatic rings. The summed E-state index contributed by atoms with van der Waals surface area (Å²) in [6.45, 7) is 4.12. The van der Waals surface area contributed by atoms with Crippen molar-refractivity contribution in [1.82, 2.24) is 0 Å². The Kier molecular flexibility index (Phi) is 9.40. The van der Waals surface area contributed by atoms with E-state index in [1.165, 1.54) is 12.8 Å². The van der Waals surface area contributed by atoms with Crippen LogP contribution in [-0.2, 0) is 18.1 Å². The minimum atomic E-state index is -2.74. The summed E-state index contributed by atoms with van der Waals surface area (Å²) in [6.07, 6.45) is 5.71. The van der Waals surface area contributed by atoms with E-state index in [4.69, 9.17) is 13.3 Å². The molecule has 17 heavy (non-hydrogen) atoms. The molecular weight excluding hydrogens is 236 g/mol. The fourth-order valence-electron chi connectivity index (χ4n) is 1.62. The van der Waals surface area contributed by atoms with E-state index < -0.39 is 8.80 Å². The maximum atomic E-state index is 11.5. The van der Waals surface area contributed by atoms with E-state index in [9.17, 15) is 4.79 Å². The molecule has 0 rings (SSSR count). The van der Waals surface area contributed by atoms with Gasteiger partial charge in [-0.2, -0.15) is 0 Å². The molecule has 0 spiro atoms. The summed E-state index contributed by atoms with van der Waals surface area (Å²) < 4.78 is 16.1. The van der Waals surface area contributed by atoms with E-state index in [0.717, 1.165) is 25.3 Å². The minimum Gasteiger partial charge on any atom is -0.473 e. The average molecular weight is 262 g/mol. The summed E-state index contributed by atoms with van der Waals surface area (Å²) in [5, 5.41) is 0. The number of hydrogen-bond donors (Lipinski definition) is 0. The minimum absolute atomic E-state index is 0.210. The van der Waals surface area contributed by atoms with Gasteiger partial charge in [-0.3, -0.25) is 4.79 Å².